The van der Waals surface area contributed by atoms with Crippen LogP contribution >= 0.6 is 15.9 Å². The van der Waals surface area contributed by atoms with Gasteiger partial charge >= 0.3 is 5.97 Å². The molecule has 24 heavy (non-hydrogen) atoms. The molecule has 6 heteroatoms. The highest BCUT2D eigenvalue weighted by Gasteiger charge is 2.25. The number of ether oxygens (including phenoxy) is 3. The molecule has 1 aliphatic rings. The minimum atomic E-state index is -0.497. The third-order valence-electron chi connectivity index (χ3n) is 3.45. The SMILES string of the molecule is COc1ccc(C2=NC(=Cc3ccccc3OC)C(=O)O2)cc1Br. The molecule has 1 heterocycles. The van der Waals surface area contributed by atoms with E-state index in [2.05, 4.69) is 20.9 Å². The number of esters is 1. The summed E-state index contributed by atoms with van der Waals surface area (Å²) in [4.78, 5) is 16.4. The topological polar surface area (TPSA) is 57.1 Å². The molecule has 122 valence electrons. The van der Waals surface area contributed by atoms with E-state index in [1.54, 1.807) is 38.5 Å². The lowest BCUT2D eigenvalue weighted by atomic mass is 10.1. The highest BCUT2D eigenvalue weighted by molar-refractivity contribution is 9.10. The molecule has 0 bridgehead atoms. The molecule has 0 aromatic heterocycles. The zero-order valence-corrected chi connectivity index (χ0v) is 14.7. The van der Waals surface area contributed by atoms with Crippen LogP contribution in [-0.4, -0.2) is 26.1 Å². The minimum Gasteiger partial charge on any atom is -0.496 e. The number of rotatable bonds is 4. The van der Waals surface area contributed by atoms with Gasteiger partial charge in [-0.2, -0.15) is 0 Å². The van der Waals surface area contributed by atoms with E-state index >= 15 is 0 Å². The molecule has 5 nitrogen and oxygen atoms in total. The molecule has 0 N–H and O–H groups in total. The molecule has 0 amide bonds. The molecule has 3 rings (SSSR count). The first-order chi connectivity index (χ1) is 11.6. The predicted molar refractivity (Wildman–Crippen MR) is 94.3 cm³/mol. The van der Waals surface area contributed by atoms with Gasteiger partial charge in [-0.05, 0) is 46.3 Å². The van der Waals surface area contributed by atoms with Gasteiger partial charge in [0.15, 0.2) is 5.70 Å². The Morgan fingerprint density at radius 2 is 1.83 bits per heavy atom. The summed E-state index contributed by atoms with van der Waals surface area (Å²) in [5, 5.41) is 0. The van der Waals surface area contributed by atoms with Gasteiger partial charge in [0, 0.05) is 11.1 Å². The van der Waals surface area contributed by atoms with E-state index in [1.165, 1.54) is 0 Å². The van der Waals surface area contributed by atoms with E-state index in [0.29, 0.717) is 17.1 Å². The van der Waals surface area contributed by atoms with Crippen molar-refractivity contribution in [3.05, 3.63) is 63.8 Å². The summed E-state index contributed by atoms with van der Waals surface area (Å²) in [5.74, 6) is 1.11. The van der Waals surface area contributed by atoms with Gasteiger partial charge in [0.05, 0.1) is 18.7 Å². The van der Waals surface area contributed by atoms with Crippen molar-refractivity contribution in [3.63, 3.8) is 0 Å². The molecule has 0 aliphatic carbocycles. The zero-order chi connectivity index (χ0) is 17.1. The highest BCUT2D eigenvalue weighted by Crippen LogP contribution is 2.28. The summed E-state index contributed by atoms with van der Waals surface area (Å²) in [6, 6.07) is 12.7. The van der Waals surface area contributed by atoms with E-state index in [0.717, 1.165) is 10.0 Å². The molecule has 0 saturated carbocycles. The van der Waals surface area contributed by atoms with E-state index in [1.807, 2.05) is 24.3 Å². The van der Waals surface area contributed by atoms with Crippen LogP contribution in [0.3, 0.4) is 0 Å². The Morgan fingerprint density at radius 1 is 1.08 bits per heavy atom. The number of aliphatic imine (C=N–C) groups is 1. The second kappa shape index (κ2) is 6.88. The predicted octanol–water partition coefficient (Wildman–Crippen LogP) is 3.81. The molecule has 0 unspecified atom stereocenters. The number of methoxy groups -OCH3 is 2. The van der Waals surface area contributed by atoms with Gasteiger partial charge in [-0.25, -0.2) is 9.79 Å². The maximum atomic E-state index is 12.1. The lowest BCUT2D eigenvalue weighted by Gasteiger charge is -2.05. The number of nitrogens with zero attached hydrogens (tertiary/aromatic N) is 1. The zero-order valence-electron chi connectivity index (χ0n) is 13.1. The van der Waals surface area contributed by atoms with Gasteiger partial charge in [-0.1, -0.05) is 18.2 Å². The smallest absolute Gasteiger partial charge is 0.363 e. The molecule has 2 aromatic rings. The maximum Gasteiger partial charge on any atom is 0.363 e. The Morgan fingerprint density at radius 3 is 2.54 bits per heavy atom. The molecule has 0 atom stereocenters. The third-order valence-corrected chi connectivity index (χ3v) is 4.07. The third kappa shape index (κ3) is 3.19. The van der Waals surface area contributed by atoms with E-state index in [-0.39, 0.29) is 11.6 Å². The number of carbonyl (C=O) groups excluding carboxylic acids is 1. The quantitative estimate of drug-likeness (QED) is 0.591. The van der Waals surface area contributed by atoms with Crippen molar-refractivity contribution in [2.75, 3.05) is 14.2 Å². The summed E-state index contributed by atoms with van der Waals surface area (Å²) in [6.07, 6.45) is 1.65. The number of benzene rings is 2. The van der Waals surface area contributed by atoms with E-state index in [9.17, 15) is 4.79 Å². The van der Waals surface area contributed by atoms with Gasteiger partial charge in [-0.3, -0.25) is 0 Å². The van der Waals surface area contributed by atoms with Crippen molar-refractivity contribution in [1.82, 2.24) is 0 Å². The minimum absolute atomic E-state index is 0.224. The first-order valence-corrected chi connectivity index (χ1v) is 7.91. The van der Waals surface area contributed by atoms with Crippen LogP contribution in [0.1, 0.15) is 11.1 Å². The van der Waals surface area contributed by atoms with Gasteiger partial charge in [0.25, 0.3) is 0 Å². The Balaban J connectivity index is 1.96. The van der Waals surface area contributed by atoms with Crippen LogP contribution in [0.5, 0.6) is 11.5 Å². The summed E-state index contributed by atoms with van der Waals surface area (Å²) in [5.41, 5.74) is 1.66. The molecule has 0 fully saturated rings. The molecule has 0 saturated heterocycles. The van der Waals surface area contributed by atoms with Gasteiger partial charge in [0.2, 0.25) is 5.90 Å². The van der Waals surface area contributed by atoms with Crippen molar-refractivity contribution in [3.8, 4) is 11.5 Å². The Kier molecular flexibility index (Phi) is 4.66. The average molecular weight is 388 g/mol. The largest absolute Gasteiger partial charge is 0.496 e. The fourth-order valence-electron chi connectivity index (χ4n) is 2.27. The van der Waals surface area contributed by atoms with Gasteiger partial charge < -0.3 is 14.2 Å². The summed E-state index contributed by atoms with van der Waals surface area (Å²) in [6.45, 7) is 0. The van der Waals surface area contributed by atoms with Gasteiger partial charge in [0.1, 0.15) is 11.5 Å². The Hall–Kier alpha value is -2.60. The fourth-order valence-corrected chi connectivity index (χ4v) is 2.81. The van der Waals surface area contributed by atoms with Crippen LogP contribution in [0.2, 0.25) is 0 Å². The van der Waals surface area contributed by atoms with E-state index in [4.69, 9.17) is 14.2 Å². The van der Waals surface area contributed by atoms with Crippen LogP contribution in [0, 0.1) is 0 Å². The van der Waals surface area contributed by atoms with Crippen molar-refractivity contribution in [2.45, 2.75) is 0 Å². The first kappa shape index (κ1) is 16.3. The van der Waals surface area contributed by atoms with Crippen molar-refractivity contribution in [2.24, 2.45) is 4.99 Å². The van der Waals surface area contributed by atoms with Crippen LogP contribution < -0.4 is 9.47 Å². The number of hydrogen-bond donors (Lipinski definition) is 0. The first-order valence-electron chi connectivity index (χ1n) is 7.12. The molecular weight excluding hydrogens is 374 g/mol. The Bertz CT molecular complexity index is 858. The van der Waals surface area contributed by atoms with Gasteiger partial charge in [-0.15, -0.1) is 0 Å². The number of para-hydroxylation sites is 1. The van der Waals surface area contributed by atoms with Crippen LogP contribution in [-0.2, 0) is 9.53 Å². The van der Waals surface area contributed by atoms with Crippen LogP contribution in [0.15, 0.2) is 57.6 Å². The lowest BCUT2D eigenvalue weighted by molar-refractivity contribution is -0.129. The summed E-state index contributed by atoms with van der Waals surface area (Å²) in [7, 11) is 3.16. The monoisotopic (exact) mass is 387 g/mol. The Labute approximate surface area is 147 Å². The lowest BCUT2D eigenvalue weighted by Crippen LogP contribution is -2.05. The number of cyclic esters (lactones) is 1. The summed E-state index contributed by atoms with van der Waals surface area (Å²) < 4.78 is 16.5. The number of carbonyl (C=O) groups is 1. The highest BCUT2D eigenvalue weighted by atomic mass is 79.9. The molecular formula is C18H14BrNO4. The maximum absolute atomic E-state index is 12.1. The second-order valence-corrected chi connectivity index (χ2v) is 5.78. The standard InChI is InChI=1S/C18H14BrNO4/c1-22-15-6-4-3-5-11(15)10-14-18(21)24-17(20-14)12-7-8-16(23-2)13(19)9-12/h3-10H,1-2H3. The van der Waals surface area contributed by atoms with Crippen molar-refractivity contribution >= 4 is 33.9 Å². The molecule has 2 aromatic carbocycles. The van der Waals surface area contributed by atoms with Crippen LogP contribution in [0.25, 0.3) is 6.08 Å². The van der Waals surface area contributed by atoms with Crippen LogP contribution in [0.4, 0.5) is 0 Å². The molecule has 1 aliphatic heterocycles. The normalized spacial score (nSPS) is 15.2. The second-order valence-electron chi connectivity index (χ2n) is 4.93. The van der Waals surface area contributed by atoms with E-state index < -0.39 is 5.97 Å². The van der Waals surface area contributed by atoms with Crippen molar-refractivity contribution < 1.29 is 19.0 Å². The van der Waals surface area contributed by atoms with Crippen molar-refractivity contribution in [1.29, 1.82) is 0 Å². The number of hydrogen-bond acceptors (Lipinski definition) is 5. The fraction of sp³-hybridized carbons (Fsp3) is 0.111. The summed E-state index contributed by atoms with van der Waals surface area (Å²) >= 11 is 3.41. The molecule has 0 radical (unpaired) electrons. The average Bonchev–Trinajstić information content (AvgIpc) is 2.96. The number of halogens is 1. The molecule has 0 spiro atoms.